The van der Waals surface area contributed by atoms with E-state index in [-0.39, 0.29) is 0 Å². The van der Waals surface area contributed by atoms with Crippen LogP contribution in [0.5, 0.6) is 5.75 Å². The van der Waals surface area contributed by atoms with E-state index in [1.54, 1.807) is 0 Å². The highest BCUT2D eigenvalue weighted by Crippen LogP contribution is 2.22. The molecule has 24 heavy (non-hydrogen) atoms. The Labute approximate surface area is 144 Å². The number of methoxy groups -OCH3 is 1. The van der Waals surface area contributed by atoms with Crippen LogP contribution in [0.15, 0.2) is 43.0 Å². The third-order valence-electron chi connectivity index (χ3n) is 4.61. The number of piperidine rings is 1. The molecule has 0 unspecified atom stereocenters. The largest absolute Gasteiger partial charge is 0.493 e. The number of hydrogen-bond acceptors (Lipinski definition) is 4. The molecule has 0 atom stereocenters. The summed E-state index contributed by atoms with van der Waals surface area (Å²) in [5.41, 5.74) is 1.27. The van der Waals surface area contributed by atoms with Gasteiger partial charge in [-0.15, -0.1) is 0 Å². The van der Waals surface area contributed by atoms with E-state index in [0.717, 1.165) is 57.8 Å². The average Bonchev–Trinajstić information content (AvgIpc) is 3.14. The minimum absolute atomic E-state index is 0.427. The van der Waals surface area contributed by atoms with Gasteiger partial charge in [0.2, 0.25) is 0 Å². The van der Waals surface area contributed by atoms with Crippen molar-refractivity contribution in [2.45, 2.75) is 38.5 Å². The van der Waals surface area contributed by atoms with Gasteiger partial charge in [-0.2, -0.15) is 0 Å². The smallest absolute Gasteiger partial charge is 0.123 e. The Morgan fingerprint density at radius 3 is 2.79 bits per heavy atom. The van der Waals surface area contributed by atoms with Crippen LogP contribution in [0.25, 0.3) is 0 Å². The molecule has 0 radical (unpaired) electrons. The summed E-state index contributed by atoms with van der Waals surface area (Å²) in [6.45, 7) is 4.79. The quantitative estimate of drug-likeness (QED) is 0.698. The van der Waals surface area contributed by atoms with Crippen molar-refractivity contribution in [1.82, 2.24) is 14.5 Å². The fraction of sp³-hybridized carbons (Fsp3) is 0.526. The van der Waals surface area contributed by atoms with Crippen molar-refractivity contribution >= 4 is 0 Å². The Kier molecular flexibility index (Phi) is 6.26. The van der Waals surface area contributed by atoms with Gasteiger partial charge in [0, 0.05) is 51.2 Å². The van der Waals surface area contributed by atoms with E-state index in [0.29, 0.717) is 6.10 Å². The molecular formula is C19H27N3O2. The molecule has 1 aliphatic rings. The van der Waals surface area contributed by atoms with Gasteiger partial charge in [-0.3, -0.25) is 4.90 Å². The second-order valence-corrected chi connectivity index (χ2v) is 6.32. The predicted molar refractivity (Wildman–Crippen MR) is 94.1 cm³/mol. The number of likely N-dealkylation sites (tertiary alicyclic amines) is 1. The lowest BCUT2D eigenvalue weighted by atomic mass is 10.1. The van der Waals surface area contributed by atoms with Crippen LogP contribution in [0.4, 0.5) is 0 Å². The average molecular weight is 329 g/mol. The molecule has 1 aromatic carbocycles. The van der Waals surface area contributed by atoms with Crippen molar-refractivity contribution in [1.29, 1.82) is 0 Å². The highest BCUT2D eigenvalue weighted by molar-refractivity contribution is 5.33. The van der Waals surface area contributed by atoms with Crippen LogP contribution < -0.4 is 4.74 Å². The molecule has 130 valence electrons. The first kappa shape index (κ1) is 17.0. The van der Waals surface area contributed by atoms with Crippen LogP contribution in [0.2, 0.25) is 0 Å². The number of imidazole rings is 1. The lowest BCUT2D eigenvalue weighted by Crippen LogP contribution is -2.36. The Balaban J connectivity index is 1.47. The van der Waals surface area contributed by atoms with E-state index in [1.807, 2.05) is 31.9 Å². The lowest BCUT2D eigenvalue weighted by Gasteiger charge is -2.31. The van der Waals surface area contributed by atoms with Crippen molar-refractivity contribution in [3.8, 4) is 5.75 Å². The molecule has 1 saturated heterocycles. The van der Waals surface area contributed by atoms with Crippen molar-refractivity contribution in [3.05, 3.63) is 48.5 Å². The molecule has 0 spiro atoms. The second kappa shape index (κ2) is 8.85. The normalized spacial score (nSPS) is 16.4. The van der Waals surface area contributed by atoms with Crippen LogP contribution >= 0.6 is 0 Å². The molecule has 5 nitrogen and oxygen atoms in total. The van der Waals surface area contributed by atoms with Crippen molar-refractivity contribution < 1.29 is 9.47 Å². The molecule has 0 bridgehead atoms. The molecule has 1 aliphatic heterocycles. The van der Waals surface area contributed by atoms with E-state index in [4.69, 9.17) is 9.47 Å². The minimum atomic E-state index is 0.427. The topological polar surface area (TPSA) is 39.5 Å². The maximum atomic E-state index is 6.03. The van der Waals surface area contributed by atoms with E-state index < -0.39 is 0 Å². The highest BCUT2D eigenvalue weighted by Gasteiger charge is 2.19. The molecule has 1 fully saturated rings. The summed E-state index contributed by atoms with van der Waals surface area (Å²) < 4.78 is 13.6. The number of benzene rings is 1. The van der Waals surface area contributed by atoms with Gasteiger partial charge in [0.25, 0.3) is 0 Å². The maximum absolute atomic E-state index is 6.03. The van der Waals surface area contributed by atoms with E-state index in [2.05, 4.69) is 32.7 Å². The molecule has 2 aromatic rings. The van der Waals surface area contributed by atoms with E-state index in [9.17, 15) is 0 Å². The van der Waals surface area contributed by atoms with Gasteiger partial charge >= 0.3 is 0 Å². The van der Waals surface area contributed by atoms with E-state index in [1.165, 1.54) is 5.56 Å². The summed E-state index contributed by atoms with van der Waals surface area (Å²) in [7, 11) is 1.81. The first-order valence-corrected chi connectivity index (χ1v) is 8.77. The highest BCUT2D eigenvalue weighted by atomic mass is 16.5. The van der Waals surface area contributed by atoms with Gasteiger partial charge in [-0.1, -0.05) is 18.2 Å². The number of aromatic nitrogens is 2. The summed E-state index contributed by atoms with van der Waals surface area (Å²) in [5.74, 6) is 1.01. The number of nitrogens with zero attached hydrogens (tertiary/aromatic N) is 3. The predicted octanol–water partition coefficient (Wildman–Crippen LogP) is 2.96. The first-order valence-electron chi connectivity index (χ1n) is 8.77. The minimum Gasteiger partial charge on any atom is -0.493 e. The summed E-state index contributed by atoms with van der Waals surface area (Å²) in [4.78, 5) is 6.55. The fourth-order valence-electron chi connectivity index (χ4n) is 3.17. The van der Waals surface area contributed by atoms with Gasteiger partial charge in [0.15, 0.2) is 0 Å². The summed E-state index contributed by atoms with van der Waals surface area (Å²) in [6, 6.07) is 8.39. The molecule has 5 heteroatoms. The van der Waals surface area contributed by atoms with Crippen molar-refractivity contribution in [2.75, 3.05) is 26.8 Å². The Morgan fingerprint density at radius 1 is 1.21 bits per heavy atom. The van der Waals surface area contributed by atoms with Gasteiger partial charge in [-0.25, -0.2) is 4.98 Å². The third-order valence-corrected chi connectivity index (χ3v) is 4.61. The van der Waals surface area contributed by atoms with Crippen LogP contribution in [0.1, 0.15) is 24.8 Å². The van der Waals surface area contributed by atoms with E-state index >= 15 is 0 Å². The standard InChI is InChI=1S/C19H27N3O2/c1-23-18-7-11-21(12-8-18)15-17-5-2-3-6-19(17)24-14-4-10-22-13-9-20-16-22/h2-3,5-6,9,13,16,18H,4,7-8,10-12,14-15H2,1H3. The zero-order chi connectivity index (χ0) is 16.6. The SMILES string of the molecule is COC1CCN(Cc2ccccc2OCCCn2ccnc2)CC1. The summed E-state index contributed by atoms with van der Waals surface area (Å²) >= 11 is 0. The molecule has 0 aliphatic carbocycles. The fourth-order valence-corrected chi connectivity index (χ4v) is 3.17. The lowest BCUT2D eigenvalue weighted by molar-refractivity contribution is 0.0386. The van der Waals surface area contributed by atoms with Gasteiger partial charge < -0.3 is 14.0 Å². The van der Waals surface area contributed by atoms with Crippen LogP contribution in [0, 0.1) is 0 Å². The zero-order valence-corrected chi connectivity index (χ0v) is 14.4. The molecule has 0 N–H and O–H groups in total. The van der Waals surface area contributed by atoms with Gasteiger partial charge in [0.1, 0.15) is 5.75 Å². The Morgan fingerprint density at radius 2 is 2.04 bits per heavy atom. The number of ether oxygens (including phenoxy) is 2. The summed E-state index contributed by atoms with van der Waals surface area (Å²) in [6.07, 6.45) is 9.27. The number of para-hydroxylation sites is 1. The van der Waals surface area contributed by atoms with Crippen LogP contribution in [-0.2, 0) is 17.8 Å². The maximum Gasteiger partial charge on any atom is 0.123 e. The van der Waals surface area contributed by atoms with Gasteiger partial charge in [0.05, 0.1) is 19.0 Å². The molecular weight excluding hydrogens is 302 g/mol. The monoisotopic (exact) mass is 329 g/mol. The summed E-state index contributed by atoms with van der Waals surface area (Å²) in [5, 5.41) is 0. The van der Waals surface area contributed by atoms with Crippen LogP contribution in [0.3, 0.4) is 0 Å². The van der Waals surface area contributed by atoms with Gasteiger partial charge in [-0.05, 0) is 25.3 Å². The number of rotatable bonds is 8. The molecule has 3 rings (SSSR count). The molecule has 2 heterocycles. The molecule has 1 aromatic heterocycles. The Hall–Kier alpha value is -1.85. The number of aryl methyl sites for hydroxylation is 1. The first-order chi connectivity index (χ1) is 11.8. The van der Waals surface area contributed by atoms with Crippen molar-refractivity contribution in [3.63, 3.8) is 0 Å². The zero-order valence-electron chi connectivity index (χ0n) is 14.4. The van der Waals surface area contributed by atoms with Crippen molar-refractivity contribution in [2.24, 2.45) is 0 Å². The van der Waals surface area contributed by atoms with Crippen LogP contribution in [-0.4, -0.2) is 47.4 Å². The molecule has 0 saturated carbocycles. The Bertz CT molecular complexity index is 592. The third kappa shape index (κ3) is 4.82. The second-order valence-electron chi connectivity index (χ2n) is 6.32. The number of hydrogen-bond donors (Lipinski definition) is 0. The molecule has 0 amide bonds.